The van der Waals surface area contributed by atoms with Gasteiger partial charge >= 0.3 is 0 Å². The third kappa shape index (κ3) is 5.26. The predicted molar refractivity (Wildman–Crippen MR) is 114 cm³/mol. The third-order valence-corrected chi connectivity index (χ3v) is 5.47. The number of hydrogen-bond acceptors (Lipinski definition) is 3. The second-order valence-electron chi connectivity index (χ2n) is 7.17. The van der Waals surface area contributed by atoms with E-state index in [1.807, 2.05) is 42.3 Å². The average Bonchev–Trinajstić information content (AvgIpc) is 2.73. The lowest BCUT2D eigenvalue weighted by Crippen LogP contribution is -2.38. The van der Waals surface area contributed by atoms with Gasteiger partial charge in [0.1, 0.15) is 0 Å². The van der Waals surface area contributed by atoms with E-state index in [0.29, 0.717) is 16.3 Å². The summed E-state index contributed by atoms with van der Waals surface area (Å²) in [6.07, 6.45) is 5.69. The molecule has 2 N–H and O–H groups in total. The summed E-state index contributed by atoms with van der Waals surface area (Å²) in [6.45, 7) is 0.112. The molecule has 1 saturated carbocycles. The van der Waals surface area contributed by atoms with Crippen LogP contribution in [-0.4, -0.2) is 36.3 Å². The summed E-state index contributed by atoms with van der Waals surface area (Å²) in [5.41, 5.74) is 1.94. The van der Waals surface area contributed by atoms with Gasteiger partial charge < -0.3 is 15.5 Å². The Kier molecular flexibility index (Phi) is 6.93. The molecule has 0 unspecified atom stereocenters. The molecule has 0 bridgehead atoms. The average molecular weight is 400 g/mol. The van der Waals surface area contributed by atoms with Gasteiger partial charge in [-0.15, -0.1) is 0 Å². The van der Waals surface area contributed by atoms with E-state index in [9.17, 15) is 9.59 Å². The van der Waals surface area contributed by atoms with E-state index in [1.165, 1.54) is 19.3 Å². The zero-order valence-corrected chi connectivity index (χ0v) is 16.8. The van der Waals surface area contributed by atoms with Crippen LogP contribution in [-0.2, 0) is 4.79 Å². The Morgan fingerprint density at radius 3 is 2.43 bits per heavy atom. The van der Waals surface area contributed by atoms with Crippen LogP contribution in [0.15, 0.2) is 48.5 Å². The van der Waals surface area contributed by atoms with Crippen LogP contribution in [0.1, 0.15) is 42.5 Å². The van der Waals surface area contributed by atoms with Crippen molar-refractivity contribution in [2.24, 2.45) is 0 Å². The molecule has 6 heteroatoms. The lowest BCUT2D eigenvalue weighted by Gasteiger charge is -2.31. The summed E-state index contributed by atoms with van der Waals surface area (Å²) in [5.74, 6) is -0.204. The first kappa shape index (κ1) is 20.2. The van der Waals surface area contributed by atoms with Gasteiger partial charge in [0.05, 0.1) is 17.1 Å². The maximum atomic E-state index is 12.8. The van der Waals surface area contributed by atoms with Crippen LogP contribution in [0, 0.1) is 0 Å². The number of carbonyl (C=O) groups is 2. The molecule has 0 spiro atoms. The number of nitrogens with zero attached hydrogens (tertiary/aromatic N) is 1. The molecule has 2 aromatic rings. The molecule has 28 heavy (non-hydrogen) atoms. The predicted octanol–water partition coefficient (Wildman–Crippen LogP) is 4.80. The van der Waals surface area contributed by atoms with Crippen molar-refractivity contribution in [3.05, 3.63) is 59.1 Å². The van der Waals surface area contributed by atoms with E-state index in [-0.39, 0.29) is 24.4 Å². The maximum Gasteiger partial charge on any atom is 0.255 e. The lowest BCUT2D eigenvalue weighted by molar-refractivity contribution is -0.114. The molecule has 148 valence electrons. The monoisotopic (exact) mass is 399 g/mol. The van der Waals surface area contributed by atoms with Crippen molar-refractivity contribution in [3.8, 4) is 0 Å². The number of hydrogen-bond donors (Lipinski definition) is 2. The first-order chi connectivity index (χ1) is 13.5. The summed E-state index contributed by atoms with van der Waals surface area (Å²) in [7, 11) is 1.86. The number of carbonyl (C=O) groups excluding carboxylic acids is 2. The zero-order valence-electron chi connectivity index (χ0n) is 16.1. The second kappa shape index (κ2) is 9.60. The van der Waals surface area contributed by atoms with Gasteiger partial charge in [0, 0.05) is 24.5 Å². The molecule has 0 atom stereocenters. The van der Waals surface area contributed by atoms with Crippen molar-refractivity contribution in [1.82, 2.24) is 4.90 Å². The third-order valence-electron chi connectivity index (χ3n) is 5.15. The molecule has 0 radical (unpaired) electrons. The Bertz CT molecular complexity index is 820. The normalized spacial score (nSPS) is 14.4. The molecule has 2 aromatic carbocycles. The van der Waals surface area contributed by atoms with Crippen LogP contribution < -0.4 is 10.6 Å². The fraction of sp³-hybridized carbons (Fsp3) is 0.364. The van der Waals surface area contributed by atoms with Crippen LogP contribution in [0.2, 0.25) is 5.02 Å². The number of nitrogens with one attached hydrogen (secondary N) is 2. The highest BCUT2D eigenvalue weighted by molar-refractivity contribution is 6.34. The van der Waals surface area contributed by atoms with Crippen molar-refractivity contribution >= 4 is 34.8 Å². The molecule has 0 saturated heterocycles. The van der Waals surface area contributed by atoms with Crippen molar-refractivity contribution in [3.63, 3.8) is 0 Å². The van der Waals surface area contributed by atoms with E-state index in [0.717, 1.165) is 18.5 Å². The van der Waals surface area contributed by atoms with Gasteiger partial charge in [0.2, 0.25) is 5.91 Å². The molecule has 0 aromatic heterocycles. The number of amides is 2. The molecule has 1 aliphatic carbocycles. The number of rotatable bonds is 6. The highest BCUT2D eigenvalue weighted by Gasteiger charge is 2.24. The van der Waals surface area contributed by atoms with Gasteiger partial charge in [-0.1, -0.05) is 49.1 Å². The molecule has 0 heterocycles. The summed E-state index contributed by atoms with van der Waals surface area (Å²) < 4.78 is 0. The number of para-hydroxylation sites is 1. The SMILES string of the molecule is CN(C(=O)c1ccc(NCC(=O)Nc2ccccc2)cc1Cl)C1CCCCC1. The summed E-state index contributed by atoms with van der Waals surface area (Å²) in [5, 5.41) is 6.25. The summed E-state index contributed by atoms with van der Waals surface area (Å²) in [4.78, 5) is 26.7. The van der Waals surface area contributed by atoms with E-state index >= 15 is 0 Å². The Labute approximate surface area is 171 Å². The van der Waals surface area contributed by atoms with E-state index < -0.39 is 0 Å². The van der Waals surface area contributed by atoms with Crippen LogP contribution >= 0.6 is 11.6 Å². The van der Waals surface area contributed by atoms with E-state index in [2.05, 4.69) is 10.6 Å². The maximum absolute atomic E-state index is 12.8. The highest BCUT2D eigenvalue weighted by atomic mass is 35.5. The Balaban J connectivity index is 1.57. The van der Waals surface area contributed by atoms with Gasteiger partial charge in [-0.05, 0) is 43.2 Å². The molecule has 5 nitrogen and oxygen atoms in total. The molecular formula is C22H26ClN3O2. The Hall–Kier alpha value is -2.53. The topological polar surface area (TPSA) is 61.4 Å². The van der Waals surface area contributed by atoms with Gasteiger partial charge in [0.25, 0.3) is 5.91 Å². The molecule has 1 aliphatic rings. The van der Waals surface area contributed by atoms with Crippen LogP contribution in [0.5, 0.6) is 0 Å². The minimum Gasteiger partial charge on any atom is -0.376 e. The lowest BCUT2D eigenvalue weighted by atomic mass is 9.94. The standard InChI is InChI=1S/C22H26ClN3O2/c1-26(18-10-6-3-7-11-18)22(28)19-13-12-17(14-20(19)23)24-15-21(27)25-16-8-4-2-5-9-16/h2,4-5,8-9,12-14,18,24H,3,6-7,10-11,15H2,1H3,(H,25,27). The Morgan fingerprint density at radius 2 is 1.75 bits per heavy atom. The van der Waals surface area contributed by atoms with Gasteiger partial charge in [-0.2, -0.15) is 0 Å². The van der Waals surface area contributed by atoms with Crippen molar-refractivity contribution in [1.29, 1.82) is 0 Å². The summed E-state index contributed by atoms with van der Waals surface area (Å²) in [6, 6.07) is 14.8. The van der Waals surface area contributed by atoms with Gasteiger partial charge in [-0.3, -0.25) is 9.59 Å². The molecule has 2 amide bonds. The second-order valence-corrected chi connectivity index (χ2v) is 7.58. The van der Waals surface area contributed by atoms with Crippen LogP contribution in [0.4, 0.5) is 11.4 Å². The van der Waals surface area contributed by atoms with Crippen LogP contribution in [0.3, 0.4) is 0 Å². The first-order valence-corrected chi connectivity index (χ1v) is 10.1. The van der Waals surface area contributed by atoms with E-state index in [4.69, 9.17) is 11.6 Å². The van der Waals surface area contributed by atoms with Gasteiger partial charge in [0.15, 0.2) is 0 Å². The molecule has 1 fully saturated rings. The molecular weight excluding hydrogens is 374 g/mol. The van der Waals surface area contributed by atoms with Crippen molar-refractivity contribution < 1.29 is 9.59 Å². The number of benzene rings is 2. The minimum absolute atomic E-state index is 0.0507. The minimum atomic E-state index is -0.153. The van der Waals surface area contributed by atoms with Gasteiger partial charge in [-0.25, -0.2) is 0 Å². The fourth-order valence-electron chi connectivity index (χ4n) is 3.53. The quantitative estimate of drug-likeness (QED) is 0.733. The van der Waals surface area contributed by atoms with Crippen molar-refractivity contribution in [2.75, 3.05) is 24.2 Å². The van der Waals surface area contributed by atoms with Crippen LogP contribution in [0.25, 0.3) is 0 Å². The first-order valence-electron chi connectivity index (χ1n) is 9.70. The summed E-state index contributed by atoms with van der Waals surface area (Å²) >= 11 is 6.36. The smallest absolute Gasteiger partial charge is 0.255 e. The zero-order chi connectivity index (χ0) is 19.9. The number of anilines is 2. The van der Waals surface area contributed by atoms with E-state index in [1.54, 1.807) is 18.2 Å². The number of halogens is 1. The molecule has 3 rings (SSSR count). The highest BCUT2D eigenvalue weighted by Crippen LogP contribution is 2.26. The molecule has 0 aliphatic heterocycles. The van der Waals surface area contributed by atoms with Crippen molar-refractivity contribution in [2.45, 2.75) is 38.1 Å². The Morgan fingerprint density at radius 1 is 1.04 bits per heavy atom. The fourth-order valence-corrected chi connectivity index (χ4v) is 3.79. The largest absolute Gasteiger partial charge is 0.376 e.